The van der Waals surface area contributed by atoms with Crippen LogP contribution in [0.5, 0.6) is 0 Å². The van der Waals surface area contributed by atoms with E-state index in [0.717, 1.165) is 24.8 Å². The Morgan fingerprint density at radius 3 is 2.45 bits per heavy atom. The number of hydrogen-bond donors (Lipinski definition) is 0. The number of fused-ring (bicyclic) bond motifs is 1. The van der Waals surface area contributed by atoms with E-state index < -0.39 is 11.6 Å². The van der Waals surface area contributed by atoms with E-state index in [1.807, 2.05) is 0 Å². The van der Waals surface area contributed by atoms with Crippen LogP contribution in [-0.4, -0.2) is 0 Å². The SMILES string of the molecule is C=CC1CCC(C2CCc3ccc(F)c(F)c3C2)CC1. The second-order valence-electron chi connectivity index (χ2n) is 6.41. The molecule has 0 radical (unpaired) electrons. The van der Waals surface area contributed by atoms with Crippen molar-refractivity contribution in [3.63, 3.8) is 0 Å². The van der Waals surface area contributed by atoms with Gasteiger partial charge in [0.1, 0.15) is 0 Å². The second kappa shape index (κ2) is 5.67. The van der Waals surface area contributed by atoms with Crippen molar-refractivity contribution in [2.75, 3.05) is 0 Å². The Labute approximate surface area is 119 Å². The van der Waals surface area contributed by atoms with E-state index >= 15 is 0 Å². The maximum atomic E-state index is 14.0. The fraction of sp³-hybridized carbons (Fsp3) is 0.556. The number of aryl methyl sites for hydroxylation is 1. The van der Waals surface area contributed by atoms with Gasteiger partial charge >= 0.3 is 0 Å². The van der Waals surface area contributed by atoms with Gasteiger partial charge in [-0.15, -0.1) is 6.58 Å². The molecule has 20 heavy (non-hydrogen) atoms. The van der Waals surface area contributed by atoms with Crippen LogP contribution in [0.15, 0.2) is 24.8 Å². The fourth-order valence-corrected chi connectivity index (χ4v) is 4.05. The Hall–Kier alpha value is -1.18. The van der Waals surface area contributed by atoms with Crippen molar-refractivity contribution < 1.29 is 8.78 Å². The molecule has 0 spiro atoms. The van der Waals surface area contributed by atoms with Gasteiger partial charge in [-0.25, -0.2) is 8.78 Å². The number of hydrogen-bond acceptors (Lipinski definition) is 0. The molecule has 1 aromatic carbocycles. The monoisotopic (exact) mass is 276 g/mol. The lowest BCUT2D eigenvalue weighted by molar-refractivity contribution is 0.204. The van der Waals surface area contributed by atoms with Gasteiger partial charge in [-0.05, 0) is 79.9 Å². The van der Waals surface area contributed by atoms with Crippen molar-refractivity contribution in [3.8, 4) is 0 Å². The zero-order valence-corrected chi connectivity index (χ0v) is 11.9. The first-order valence-electron chi connectivity index (χ1n) is 7.77. The van der Waals surface area contributed by atoms with E-state index in [1.54, 1.807) is 6.07 Å². The highest BCUT2D eigenvalue weighted by atomic mass is 19.2. The molecule has 1 aromatic rings. The quantitative estimate of drug-likeness (QED) is 0.662. The van der Waals surface area contributed by atoms with Crippen LogP contribution >= 0.6 is 0 Å². The highest BCUT2D eigenvalue weighted by Gasteiger charge is 2.31. The molecular weight excluding hydrogens is 254 g/mol. The molecule has 0 bridgehead atoms. The van der Waals surface area contributed by atoms with Crippen LogP contribution in [0.2, 0.25) is 0 Å². The first-order chi connectivity index (χ1) is 9.69. The van der Waals surface area contributed by atoms with Gasteiger partial charge in [0.2, 0.25) is 0 Å². The predicted octanol–water partition coefficient (Wildman–Crippen LogP) is 5.06. The van der Waals surface area contributed by atoms with Crippen LogP contribution in [0.4, 0.5) is 8.78 Å². The molecular formula is C18H22F2. The second-order valence-corrected chi connectivity index (χ2v) is 6.41. The first-order valence-corrected chi connectivity index (χ1v) is 7.77. The van der Waals surface area contributed by atoms with Crippen molar-refractivity contribution in [1.82, 2.24) is 0 Å². The molecule has 0 saturated heterocycles. The van der Waals surface area contributed by atoms with Gasteiger partial charge in [-0.2, -0.15) is 0 Å². The molecule has 1 saturated carbocycles. The fourth-order valence-electron chi connectivity index (χ4n) is 4.05. The average molecular weight is 276 g/mol. The summed E-state index contributed by atoms with van der Waals surface area (Å²) in [5.74, 6) is 0.578. The van der Waals surface area contributed by atoms with Gasteiger partial charge in [0.05, 0.1) is 0 Å². The lowest BCUT2D eigenvalue weighted by Gasteiger charge is -2.36. The lowest BCUT2D eigenvalue weighted by atomic mass is 9.70. The number of rotatable bonds is 2. The van der Waals surface area contributed by atoms with Crippen LogP contribution < -0.4 is 0 Å². The van der Waals surface area contributed by atoms with Gasteiger partial charge in [0.15, 0.2) is 11.6 Å². The molecule has 0 amide bonds. The average Bonchev–Trinajstić information content (AvgIpc) is 2.51. The third-order valence-electron chi connectivity index (χ3n) is 5.36. The first kappa shape index (κ1) is 13.8. The van der Waals surface area contributed by atoms with Crippen molar-refractivity contribution >= 4 is 0 Å². The van der Waals surface area contributed by atoms with Gasteiger partial charge in [-0.3, -0.25) is 0 Å². The van der Waals surface area contributed by atoms with Crippen LogP contribution in [-0.2, 0) is 12.8 Å². The number of benzene rings is 1. The van der Waals surface area contributed by atoms with E-state index in [0.29, 0.717) is 23.3 Å². The minimum atomic E-state index is -0.695. The third-order valence-corrected chi connectivity index (χ3v) is 5.36. The van der Waals surface area contributed by atoms with Crippen LogP contribution in [0.3, 0.4) is 0 Å². The number of halogens is 2. The van der Waals surface area contributed by atoms with E-state index in [1.165, 1.54) is 31.7 Å². The Morgan fingerprint density at radius 1 is 1.00 bits per heavy atom. The molecule has 1 unspecified atom stereocenters. The summed E-state index contributed by atoms with van der Waals surface area (Å²) in [6.45, 7) is 3.88. The maximum absolute atomic E-state index is 14.0. The molecule has 0 nitrogen and oxygen atoms in total. The largest absolute Gasteiger partial charge is 0.204 e. The summed E-state index contributed by atoms with van der Waals surface area (Å²) in [6.07, 6.45) is 9.68. The third kappa shape index (κ3) is 2.53. The summed E-state index contributed by atoms with van der Waals surface area (Å²) in [5.41, 5.74) is 1.66. The normalized spacial score (nSPS) is 29.8. The summed E-state index contributed by atoms with van der Waals surface area (Å²) in [5, 5.41) is 0. The Kier molecular flexibility index (Phi) is 3.91. The Bertz CT molecular complexity index is 498. The molecule has 1 atom stereocenters. The van der Waals surface area contributed by atoms with Gasteiger partial charge in [0, 0.05) is 0 Å². The standard InChI is InChI=1S/C18H22F2/c1-2-12-3-5-13(6-4-12)15-8-7-14-9-10-17(19)18(20)16(14)11-15/h2,9-10,12-13,15H,1,3-8,11H2. The van der Waals surface area contributed by atoms with E-state index in [4.69, 9.17) is 0 Å². The summed E-state index contributed by atoms with van der Waals surface area (Å²) in [7, 11) is 0. The van der Waals surface area contributed by atoms with Crippen molar-refractivity contribution in [2.45, 2.75) is 44.9 Å². The van der Waals surface area contributed by atoms with E-state index in [-0.39, 0.29) is 0 Å². The summed E-state index contributed by atoms with van der Waals surface area (Å²) in [6, 6.07) is 3.03. The van der Waals surface area contributed by atoms with E-state index in [9.17, 15) is 8.78 Å². The van der Waals surface area contributed by atoms with Crippen molar-refractivity contribution in [2.24, 2.45) is 17.8 Å². The molecule has 0 aromatic heterocycles. The molecule has 0 aliphatic heterocycles. The summed E-state index contributed by atoms with van der Waals surface area (Å²) < 4.78 is 27.3. The molecule has 0 heterocycles. The lowest BCUT2D eigenvalue weighted by Crippen LogP contribution is -2.27. The van der Waals surface area contributed by atoms with Crippen LogP contribution in [0.25, 0.3) is 0 Å². The molecule has 3 rings (SSSR count). The minimum absolute atomic E-state index is 0.532. The zero-order chi connectivity index (χ0) is 14.1. The molecule has 1 fully saturated rings. The zero-order valence-electron chi connectivity index (χ0n) is 11.9. The Morgan fingerprint density at radius 2 is 1.75 bits per heavy atom. The molecule has 108 valence electrons. The van der Waals surface area contributed by atoms with Gasteiger partial charge in [0.25, 0.3) is 0 Å². The maximum Gasteiger partial charge on any atom is 0.162 e. The topological polar surface area (TPSA) is 0 Å². The van der Waals surface area contributed by atoms with Gasteiger partial charge < -0.3 is 0 Å². The van der Waals surface area contributed by atoms with E-state index in [2.05, 4.69) is 12.7 Å². The summed E-state index contributed by atoms with van der Waals surface area (Å²) >= 11 is 0. The number of allylic oxidation sites excluding steroid dienone is 1. The molecule has 2 heteroatoms. The predicted molar refractivity (Wildman–Crippen MR) is 77.5 cm³/mol. The highest BCUT2D eigenvalue weighted by molar-refractivity contribution is 5.32. The smallest absolute Gasteiger partial charge is 0.162 e. The minimum Gasteiger partial charge on any atom is -0.204 e. The molecule has 0 N–H and O–H groups in total. The van der Waals surface area contributed by atoms with Crippen molar-refractivity contribution in [1.29, 1.82) is 0 Å². The molecule has 2 aliphatic carbocycles. The van der Waals surface area contributed by atoms with Crippen molar-refractivity contribution in [3.05, 3.63) is 47.5 Å². The van der Waals surface area contributed by atoms with Crippen LogP contribution in [0, 0.1) is 29.4 Å². The highest BCUT2D eigenvalue weighted by Crippen LogP contribution is 2.40. The summed E-state index contributed by atoms with van der Waals surface area (Å²) in [4.78, 5) is 0. The van der Waals surface area contributed by atoms with Crippen LogP contribution in [0.1, 0.15) is 43.2 Å². The molecule has 2 aliphatic rings. The Balaban J connectivity index is 1.72. The van der Waals surface area contributed by atoms with Gasteiger partial charge in [-0.1, -0.05) is 12.1 Å².